The first kappa shape index (κ1) is 18.1. The summed E-state index contributed by atoms with van der Waals surface area (Å²) in [4.78, 5) is 0. The number of rotatable bonds is 14. The highest BCUT2D eigenvalue weighted by molar-refractivity contribution is 6.18. The first-order valence-corrected chi connectivity index (χ1v) is 7.25. The summed E-state index contributed by atoms with van der Waals surface area (Å²) in [5, 5.41) is 3.35. The molecule has 18 heavy (non-hydrogen) atoms. The lowest BCUT2D eigenvalue weighted by Gasteiger charge is -2.08. The van der Waals surface area contributed by atoms with E-state index in [2.05, 4.69) is 12.2 Å². The minimum atomic E-state index is 0.619. The second-order valence-electron chi connectivity index (χ2n) is 4.37. The van der Waals surface area contributed by atoms with E-state index in [0.29, 0.717) is 32.3 Å². The summed E-state index contributed by atoms with van der Waals surface area (Å²) < 4.78 is 15.6. The SMILES string of the molecule is COCCOCCOCCNCCCC(C)CCl. The van der Waals surface area contributed by atoms with Crippen molar-refractivity contribution in [2.75, 3.05) is 59.1 Å². The van der Waals surface area contributed by atoms with Crippen LogP contribution in [-0.2, 0) is 14.2 Å². The minimum absolute atomic E-state index is 0.619. The van der Waals surface area contributed by atoms with Crippen LogP contribution in [0.15, 0.2) is 0 Å². The molecule has 5 heteroatoms. The zero-order valence-corrected chi connectivity index (χ0v) is 12.5. The Morgan fingerprint density at radius 2 is 1.67 bits per heavy atom. The maximum Gasteiger partial charge on any atom is 0.0701 e. The molecule has 1 atom stereocenters. The molecule has 0 aromatic rings. The summed E-state index contributed by atoms with van der Waals surface area (Å²) in [7, 11) is 1.67. The van der Waals surface area contributed by atoms with Gasteiger partial charge in [0.2, 0.25) is 0 Å². The zero-order valence-electron chi connectivity index (χ0n) is 11.8. The molecule has 0 amide bonds. The van der Waals surface area contributed by atoms with Gasteiger partial charge in [0.15, 0.2) is 0 Å². The van der Waals surface area contributed by atoms with Crippen LogP contribution in [0.3, 0.4) is 0 Å². The molecule has 0 fully saturated rings. The van der Waals surface area contributed by atoms with E-state index in [1.165, 1.54) is 12.8 Å². The number of halogens is 1. The van der Waals surface area contributed by atoms with Gasteiger partial charge in [-0.05, 0) is 25.3 Å². The number of nitrogens with one attached hydrogen (secondary N) is 1. The lowest BCUT2D eigenvalue weighted by Crippen LogP contribution is -2.22. The maximum atomic E-state index is 5.73. The minimum Gasteiger partial charge on any atom is -0.382 e. The molecule has 0 aliphatic rings. The van der Waals surface area contributed by atoms with Gasteiger partial charge >= 0.3 is 0 Å². The average Bonchev–Trinajstić information content (AvgIpc) is 2.39. The summed E-state index contributed by atoms with van der Waals surface area (Å²) in [6.07, 6.45) is 2.36. The molecule has 0 aromatic carbocycles. The van der Waals surface area contributed by atoms with E-state index in [4.69, 9.17) is 25.8 Å². The van der Waals surface area contributed by atoms with Crippen LogP contribution in [0.5, 0.6) is 0 Å². The summed E-state index contributed by atoms with van der Waals surface area (Å²) in [5.74, 6) is 1.38. The van der Waals surface area contributed by atoms with Gasteiger partial charge in [-0.3, -0.25) is 0 Å². The summed E-state index contributed by atoms with van der Waals surface area (Å²) in [6.45, 7) is 7.41. The molecule has 0 radical (unpaired) electrons. The zero-order chi connectivity index (χ0) is 13.5. The Morgan fingerprint density at radius 1 is 1.00 bits per heavy atom. The van der Waals surface area contributed by atoms with Crippen molar-refractivity contribution in [3.63, 3.8) is 0 Å². The maximum absolute atomic E-state index is 5.73. The molecular weight excluding hydrogens is 254 g/mol. The molecule has 0 bridgehead atoms. The first-order chi connectivity index (χ1) is 8.81. The largest absolute Gasteiger partial charge is 0.382 e. The van der Waals surface area contributed by atoms with E-state index < -0.39 is 0 Å². The second-order valence-corrected chi connectivity index (χ2v) is 4.68. The summed E-state index contributed by atoms with van der Waals surface area (Å²) >= 11 is 5.73. The van der Waals surface area contributed by atoms with Gasteiger partial charge in [0.05, 0.1) is 33.0 Å². The quantitative estimate of drug-likeness (QED) is 0.390. The number of ether oxygens (including phenoxy) is 3. The molecule has 0 rings (SSSR count). The average molecular weight is 282 g/mol. The third-order valence-corrected chi connectivity index (χ3v) is 3.07. The molecular formula is C13H28ClNO3. The van der Waals surface area contributed by atoms with Crippen molar-refractivity contribution in [3.8, 4) is 0 Å². The Balaban J connectivity index is 2.94. The number of alkyl halides is 1. The molecule has 0 aliphatic carbocycles. The molecule has 110 valence electrons. The van der Waals surface area contributed by atoms with E-state index in [0.717, 1.165) is 25.6 Å². The normalized spacial score (nSPS) is 12.8. The smallest absolute Gasteiger partial charge is 0.0701 e. The fourth-order valence-corrected chi connectivity index (χ4v) is 1.54. The third kappa shape index (κ3) is 14.2. The van der Waals surface area contributed by atoms with E-state index in [1.54, 1.807) is 7.11 Å². The van der Waals surface area contributed by atoms with Crippen LogP contribution < -0.4 is 5.32 Å². The second kappa shape index (κ2) is 15.2. The topological polar surface area (TPSA) is 39.7 Å². The molecule has 0 aliphatic heterocycles. The van der Waals surface area contributed by atoms with Gasteiger partial charge in [-0.1, -0.05) is 6.92 Å². The van der Waals surface area contributed by atoms with E-state index in [-0.39, 0.29) is 0 Å². The predicted octanol–water partition coefficient (Wildman–Crippen LogP) is 1.91. The highest BCUT2D eigenvalue weighted by Crippen LogP contribution is 2.05. The van der Waals surface area contributed by atoms with Gasteiger partial charge < -0.3 is 19.5 Å². The van der Waals surface area contributed by atoms with Crippen molar-refractivity contribution >= 4 is 11.6 Å². The summed E-state index contributed by atoms with van der Waals surface area (Å²) in [5.41, 5.74) is 0. The van der Waals surface area contributed by atoms with Gasteiger partial charge in [0.1, 0.15) is 0 Å². The van der Waals surface area contributed by atoms with E-state index >= 15 is 0 Å². The lowest BCUT2D eigenvalue weighted by atomic mass is 10.1. The molecule has 0 aromatic heterocycles. The van der Waals surface area contributed by atoms with Gasteiger partial charge in [0.25, 0.3) is 0 Å². The molecule has 0 heterocycles. The van der Waals surface area contributed by atoms with Gasteiger partial charge in [-0.25, -0.2) is 0 Å². The van der Waals surface area contributed by atoms with Crippen LogP contribution in [0.25, 0.3) is 0 Å². The number of hydrogen-bond acceptors (Lipinski definition) is 4. The van der Waals surface area contributed by atoms with Crippen LogP contribution in [-0.4, -0.2) is 59.1 Å². The Kier molecular flexibility index (Phi) is 15.3. The number of methoxy groups -OCH3 is 1. The van der Waals surface area contributed by atoms with Crippen LogP contribution in [0, 0.1) is 5.92 Å². The lowest BCUT2D eigenvalue weighted by molar-refractivity contribution is 0.0256. The van der Waals surface area contributed by atoms with E-state index in [1.807, 2.05) is 0 Å². The van der Waals surface area contributed by atoms with Crippen molar-refractivity contribution < 1.29 is 14.2 Å². The number of hydrogen-bond donors (Lipinski definition) is 1. The molecule has 0 spiro atoms. The molecule has 4 nitrogen and oxygen atoms in total. The molecule has 0 saturated carbocycles. The van der Waals surface area contributed by atoms with Gasteiger partial charge in [-0.2, -0.15) is 0 Å². The highest BCUT2D eigenvalue weighted by atomic mass is 35.5. The Bertz CT molecular complexity index is 161. The fraction of sp³-hybridized carbons (Fsp3) is 1.00. The van der Waals surface area contributed by atoms with Gasteiger partial charge in [-0.15, -0.1) is 11.6 Å². The molecule has 1 unspecified atom stereocenters. The predicted molar refractivity (Wildman–Crippen MR) is 75.5 cm³/mol. The fourth-order valence-electron chi connectivity index (χ4n) is 1.39. The van der Waals surface area contributed by atoms with E-state index in [9.17, 15) is 0 Å². The standard InChI is InChI=1S/C13H28ClNO3/c1-13(12-14)4-3-5-15-6-7-17-10-11-18-9-8-16-2/h13,15H,3-12H2,1-2H3. The monoisotopic (exact) mass is 281 g/mol. The van der Waals surface area contributed by atoms with Crippen molar-refractivity contribution in [1.29, 1.82) is 0 Å². The Labute approximate surface area is 116 Å². The Morgan fingerprint density at radius 3 is 2.33 bits per heavy atom. The van der Waals surface area contributed by atoms with Gasteiger partial charge in [0, 0.05) is 19.5 Å². The molecule has 1 N–H and O–H groups in total. The van der Waals surface area contributed by atoms with Crippen molar-refractivity contribution in [2.45, 2.75) is 19.8 Å². The van der Waals surface area contributed by atoms with Crippen LogP contribution in [0.4, 0.5) is 0 Å². The van der Waals surface area contributed by atoms with Crippen LogP contribution >= 0.6 is 11.6 Å². The Hall–Kier alpha value is 0.130. The van der Waals surface area contributed by atoms with Crippen molar-refractivity contribution in [2.24, 2.45) is 5.92 Å². The molecule has 0 saturated heterocycles. The van der Waals surface area contributed by atoms with Crippen molar-refractivity contribution in [3.05, 3.63) is 0 Å². The first-order valence-electron chi connectivity index (χ1n) is 6.72. The van der Waals surface area contributed by atoms with Crippen LogP contribution in [0.1, 0.15) is 19.8 Å². The highest BCUT2D eigenvalue weighted by Gasteiger charge is 1.98. The third-order valence-electron chi connectivity index (χ3n) is 2.54. The van der Waals surface area contributed by atoms with Crippen molar-refractivity contribution in [1.82, 2.24) is 5.32 Å². The summed E-state index contributed by atoms with van der Waals surface area (Å²) in [6, 6.07) is 0. The van der Waals surface area contributed by atoms with Crippen LogP contribution in [0.2, 0.25) is 0 Å².